The zero-order valence-electron chi connectivity index (χ0n) is 13.7. The maximum atomic E-state index is 13.7. The number of hydrogen-bond donors (Lipinski definition) is 2. The summed E-state index contributed by atoms with van der Waals surface area (Å²) in [6.45, 7) is 1.29. The van der Waals surface area contributed by atoms with Crippen molar-refractivity contribution in [1.82, 2.24) is 15.0 Å². The first-order valence-corrected chi connectivity index (χ1v) is 9.08. The van der Waals surface area contributed by atoms with Gasteiger partial charge in [-0.15, -0.1) is 0 Å². The van der Waals surface area contributed by atoms with Crippen molar-refractivity contribution in [3.05, 3.63) is 46.8 Å². The molecule has 1 amide bonds. The lowest BCUT2D eigenvalue weighted by Crippen LogP contribution is -2.38. The Bertz CT molecular complexity index is 1010. The second-order valence-corrected chi connectivity index (χ2v) is 7.09. The first-order chi connectivity index (χ1) is 12.6. The van der Waals surface area contributed by atoms with Crippen molar-refractivity contribution in [3.8, 4) is 0 Å². The maximum absolute atomic E-state index is 13.7. The number of nitrogens with one attached hydrogen (secondary N) is 2. The van der Waals surface area contributed by atoms with E-state index in [9.17, 15) is 14.0 Å². The molecule has 0 unspecified atom stereocenters. The minimum Gasteiger partial charge on any atom is -0.348 e. The molecule has 1 aliphatic heterocycles. The lowest BCUT2D eigenvalue weighted by molar-refractivity contribution is -0.120. The number of carbonyl (C=O) groups is 1. The molecular weight excluding hydrogens is 357 g/mol. The van der Waals surface area contributed by atoms with Gasteiger partial charge in [-0.25, -0.2) is 9.37 Å². The molecule has 0 atom stereocenters. The molecule has 0 aliphatic carbocycles. The Morgan fingerprint density at radius 2 is 2.08 bits per heavy atom. The molecule has 26 heavy (non-hydrogen) atoms. The fourth-order valence-corrected chi connectivity index (χ4v) is 3.99. The van der Waals surface area contributed by atoms with E-state index in [0.717, 1.165) is 5.13 Å². The van der Waals surface area contributed by atoms with Gasteiger partial charge in [-0.05, 0) is 25.0 Å². The fraction of sp³-hybridized carbons (Fsp3) is 0.294. The van der Waals surface area contributed by atoms with Crippen LogP contribution in [0.5, 0.6) is 0 Å². The van der Waals surface area contributed by atoms with Crippen molar-refractivity contribution in [2.75, 3.05) is 23.3 Å². The van der Waals surface area contributed by atoms with Crippen LogP contribution in [0.3, 0.4) is 0 Å². The molecule has 134 valence electrons. The van der Waals surface area contributed by atoms with Crippen LogP contribution in [0.1, 0.15) is 12.8 Å². The van der Waals surface area contributed by atoms with Crippen LogP contribution in [0.4, 0.5) is 15.2 Å². The van der Waals surface area contributed by atoms with Crippen molar-refractivity contribution in [2.45, 2.75) is 12.8 Å². The largest absolute Gasteiger partial charge is 0.348 e. The molecule has 0 spiro atoms. The Hall–Kier alpha value is -2.81. The summed E-state index contributed by atoms with van der Waals surface area (Å²) in [7, 11) is 0. The third-order valence-corrected chi connectivity index (χ3v) is 5.56. The maximum Gasteiger partial charge on any atom is 0.270 e. The first-order valence-electron chi connectivity index (χ1n) is 8.26. The number of hydrogen-bond acceptors (Lipinski definition) is 6. The highest BCUT2D eigenvalue weighted by molar-refractivity contribution is 7.22. The number of piperidine rings is 1. The van der Waals surface area contributed by atoms with Gasteiger partial charge in [-0.3, -0.25) is 9.59 Å². The number of halogens is 1. The molecule has 0 radical (unpaired) electrons. The minimum atomic E-state index is -0.439. The van der Waals surface area contributed by atoms with Crippen LogP contribution < -0.4 is 15.8 Å². The predicted molar refractivity (Wildman–Crippen MR) is 98.0 cm³/mol. The number of H-pyrrole nitrogens is 1. The lowest BCUT2D eigenvalue weighted by atomic mass is 9.96. The summed E-state index contributed by atoms with van der Waals surface area (Å²) < 4.78 is 14.2. The molecule has 4 rings (SSSR count). The van der Waals surface area contributed by atoms with E-state index in [-0.39, 0.29) is 23.1 Å². The topological polar surface area (TPSA) is 91.0 Å². The molecule has 9 heteroatoms. The third-order valence-electron chi connectivity index (χ3n) is 4.45. The number of benzene rings is 1. The highest BCUT2D eigenvalue weighted by Gasteiger charge is 2.27. The summed E-state index contributed by atoms with van der Waals surface area (Å²) in [6, 6.07) is 6.14. The van der Waals surface area contributed by atoms with Gasteiger partial charge < -0.3 is 15.2 Å². The number of fused-ring (bicyclic) bond motifs is 1. The summed E-state index contributed by atoms with van der Waals surface area (Å²) in [6.07, 6.45) is 2.62. The van der Waals surface area contributed by atoms with E-state index < -0.39 is 5.82 Å². The van der Waals surface area contributed by atoms with E-state index in [4.69, 9.17) is 0 Å². The third kappa shape index (κ3) is 3.17. The summed E-state index contributed by atoms with van der Waals surface area (Å²) >= 11 is 1.30. The molecule has 3 aromatic rings. The molecule has 1 aromatic carbocycles. The average molecular weight is 373 g/mol. The van der Waals surface area contributed by atoms with E-state index in [1.165, 1.54) is 23.7 Å². The summed E-state index contributed by atoms with van der Waals surface area (Å²) in [5, 5.41) is 3.40. The van der Waals surface area contributed by atoms with Gasteiger partial charge in [-0.2, -0.15) is 4.98 Å². The molecule has 1 aliphatic rings. The van der Waals surface area contributed by atoms with E-state index >= 15 is 0 Å². The van der Waals surface area contributed by atoms with E-state index in [1.807, 2.05) is 0 Å². The van der Waals surface area contributed by atoms with Crippen LogP contribution in [0, 0.1) is 11.7 Å². The second kappa shape index (κ2) is 6.83. The van der Waals surface area contributed by atoms with Gasteiger partial charge >= 0.3 is 0 Å². The monoisotopic (exact) mass is 373 g/mol. The summed E-state index contributed by atoms with van der Waals surface area (Å²) in [4.78, 5) is 37.3. The van der Waals surface area contributed by atoms with Gasteiger partial charge in [0, 0.05) is 19.0 Å². The smallest absolute Gasteiger partial charge is 0.270 e. The van der Waals surface area contributed by atoms with Crippen molar-refractivity contribution < 1.29 is 9.18 Å². The normalized spacial score (nSPS) is 15.3. The Balaban J connectivity index is 1.42. The molecule has 1 saturated heterocycles. The zero-order chi connectivity index (χ0) is 18.1. The van der Waals surface area contributed by atoms with Crippen LogP contribution in [0.15, 0.2) is 35.4 Å². The van der Waals surface area contributed by atoms with Crippen LogP contribution in [-0.4, -0.2) is 33.9 Å². The Kier molecular flexibility index (Phi) is 4.37. The average Bonchev–Trinajstić information content (AvgIpc) is 3.09. The van der Waals surface area contributed by atoms with Gasteiger partial charge in [0.05, 0.1) is 12.0 Å². The highest BCUT2D eigenvalue weighted by atomic mass is 32.1. The van der Waals surface area contributed by atoms with E-state index in [2.05, 4.69) is 25.2 Å². The number of para-hydroxylation sites is 1. The Morgan fingerprint density at radius 1 is 1.31 bits per heavy atom. The number of rotatable bonds is 3. The quantitative estimate of drug-likeness (QED) is 0.736. The van der Waals surface area contributed by atoms with Crippen molar-refractivity contribution in [3.63, 3.8) is 0 Å². The number of thiazole rings is 1. The molecular formula is C17H16FN5O2S. The number of nitrogens with zero attached hydrogens (tertiary/aromatic N) is 3. The van der Waals surface area contributed by atoms with Gasteiger partial charge in [-0.1, -0.05) is 23.5 Å². The molecule has 0 saturated carbocycles. The zero-order valence-corrected chi connectivity index (χ0v) is 14.6. The SMILES string of the molecule is O=C(Nc1ccccc1F)C1CCN(c2nc3nc[nH]c(=O)c3s2)CC1. The van der Waals surface area contributed by atoms with Crippen LogP contribution in [0.25, 0.3) is 10.3 Å². The Morgan fingerprint density at radius 3 is 2.81 bits per heavy atom. The Labute approximate surface area is 151 Å². The van der Waals surface area contributed by atoms with E-state index in [0.29, 0.717) is 36.3 Å². The predicted octanol–water partition coefficient (Wildman–Crippen LogP) is 2.37. The summed E-state index contributed by atoms with van der Waals surface area (Å²) in [5.74, 6) is -0.788. The molecule has 2 N–H and O–H groups in total. The number of aromatic nitrogens is 3. The van der Waals surface area contributed by atoms with Crippen molar-refractivity contribution in [2.24, 2.45) is 5.92 Å². The van der Waals surface area contributed by atoms with E-state index in [1.54, 1.807) is 18.2 Å². The number of carbonyl (C=O) groups excluding carboxylic acids is 1. The van der Waals surface area contributed by atoms with Crippen molar-refractivity contribution in [1.29, 1.82) is 0 Å². The first kappa shape index (κ1) is 16.6. The van der Waals surface area contributed by atoms with Crippen LogP contribution in [0.2, 0.25) is 0 Å². The van der Waals surface area contributed by atoms with Crippen LogP contribution in [-0.2, 0) is 4.79 Å². The number of anilines is 2. The molecule has 3 heterocycles. The second-order valence-electron chi connectivity index (χ2n) is 6.11. The lowest BCUT2D eigenvalue weighted by Gasteiger charge is -2.30. The van der Waals surface area contributed by atoms with Gasteiger partial charge in [0.15, 0.2) is 10.8 Å². The van der Waals surface area contributed by atoms with Gasteiger partial charge in [0.1, 0.15) is 10.5 Å². The van der Waals surface area contributed by atoms with Crippen LogP contribution >= 0.6 is 11.3 Å². The highest BCUT2D eigenvalue weighted by Crippen LogP contribution is 2.29. The minimum absolute atomic E-state index is 0.169. The molecule has 1 fully saturated rings. The molecule has 0 bridgehead atoms. The summed E-state index contributed by atoms with van der Waals surface area (Å²) in [5.41, 5.74) is 0.447. The molecule has 2 aromatic heterocycles. The fourth-order valence-electron chi connectivity index (χ4n) is 3.02. The number of aromatic amines is 1. The van der Waals surface area contributed by atoms with Gasteiger partial charge in [0.25, 0.3) is 5.56 Å². The standard InChI is InChI=1S/C17H16FN5O2S/c18-11-3-1-2-4-12(11)21-15(24)10-5-7-23(8-6-10)17-22-14-13(26-17)16(25)20-9-19-14/h1-4,9-10H,5-8H2,(H,21,24)(H,19,20,25). The molecule has 7 nitrogen and oxygen atoms in total. The number of amides is 1. The van der Waals surface area contributed by atoms with Crippen molar-refractivity contribution >= 4 is 38.4 Å². The van der Waals surface area contributed by atoms with Gasteiger partial charge in [0.2, 0.25) is 5.91 Å².